The van der Waals surface area contributed by atoms with E-state index in [1.165, 1.54) is 21.9 Å². The number of hydrogen-bond acceptors (Lipinski definition) is 4. The monoisotopic (exact) mass is 371 g/mol. The molecule has 5 heteroatoms. The summed E-state index contributed by atoms with van der Waals surface area (Å²) in [4.78, 5) is 1.40. The Labute approximate surface area is 160 Å². The van der Waals surface area contributed by atoms with Crippen molar-refractivity contribution >= 4 is 23.3 Å². The normalized spacial score (nSPS) is 23.1. The third-order valence-corrected chi connectivity index (χ3v) is 6.59. The zero-order valence-electron chi connectivity index (χ0n) is 16.0. The Bertz CT molecular complexity index is 785. The molecule has 1 aliphatic carbocycles. The third kappa shape index (κ3) is 3.52. The molecule has 2 N–H and O–H groups in total. The molecule has 0 saturated heterocycles. The Morgan fingerprint density at radius 1 is 1.19 bits per heavy atom. The van der Waals surface area contributed by atoms with Gasteiger partial charge in [-0.1, -0.05) is 6.07 Å². The number of aromatic nitrogens is 2. The first kappa shape index (κ1) is 17.9. The van der Waals surface area contributed by atoms with Gasteiger partial charge in [0.15, 0.2) is 0 Å². The number of thioether (sulfide) groups is 1. The van der Waals surface area contributed by atoms with Gasteiger partial charge in [-0.2, -0.15) is 5.10 Å². The van der Waals surface area contributed by atoms with Crippen molar-refractivity contribution in [2.24, 2.45) is 0 Å². The molecule has 26 heavy (non-hydrogen) atoms. The van der Waals surface area contributed by atoms with E-state index in [9.17, 15) is 5.11 Å². The van der Waals surface area contributed by atoms with Crippen molar-refractivity contribution in [3.63, 3.8) is 0 Å². The summed E-state index contributed by atoms with van der Waals surface area (Å²) in [7, 11) is 0. The van der Waals surface area contributed by atoms with Gasteiger partial charge in [-0.3, -0.25) is 0 Å². The highest BCUT2D eigenvalue weighted by molar-refractivity contribution is 7.99. The minimum atomic E-state index is -0.127. The average molecular weight is 372 g/mol. The molecule has 2 aliphatic rings. The summed E-state index contributed by atoms with van der Waals surface area (Å²) in [6.07, 6.45) is 4.83. The highest BCUT2D eigenvalue weighted by Gasteiger charge is 2.27. The molecule has 0 bridgehead atoms. The summed E-state index contributed by atoms with van der Waals surface area (Å²) in [6, 6.07) is 8.77. The predicted molar refractivity (Wildman–Crippen MR) is 109 cm³/mol. The molecule has 1 fully saturated rings. The second kappa shape index (κ2) is 6.93. The fourth-order valence-corrected chi connectivity index (χ4v) is 5.13. The minimum Gasteiger partial charge on any atom is -0.393 e. The van der Waals surface area contributed by atoms with E-state index in [0.717, 1.165) is 43.6 Å². The summed E-state index contributed by atoms with van der Waals surface area (Å²) in [6.45, 7) is 6.60. The van der Waals surface area contributed by atoms with Crippen molar-refractivity contribution in [2.75, 3.05) is 11.1 Å². The summed E-state index contributed by atoms with van der Waals surface area (Å²) in [5, 5.41) is 18.5. The number of rotatable bonds is 3. The first-order valence-electron chi connectivity index (χ1n) is 9.72. The highest BCUT2D eigenvalue weighted by Crippen LogP contribution is 2.39. The van der Waals surface area contributed by atoms with Gasteiger partial charge in [0.05, 0.1) is 17.3 Å². The maximum absolute atomic E-state index is 9.81. The molecule has 1 saturated carbocycles. The fourth-order valence-electron chi connectivity index (χ4n) is 4.05. The lowest BCUT2D eigenvalue weighted by molar-refractivity contribution is 0.121. The average Bonchev–Trinajstić information content (AvgIpc) is 3.22. The van der Waals surface area contributed by atoms with Gasteiger partial charge in [-0.25, -0.2) is 4.68 Å². The molecule has 2 heterocycles. The molecule has 0 radical (unpaired) electrons. The first-order chi connectivity index (χ1) is 12.4. The van der Waals surface area contributed by atoms with Crippen LogP contribution in [0.4, 0.5) is 11.5 Å². The quantitative estimate of drug-likeness (QED) is 0.793. The zero-order chi connectivity index (χ0) is 18.3. The van der Waals surface area contributed by atoms with E-state index in [1.54, 1.807) is 0 Å². The summed E-state index contributed by atoms with van der Waals surface area (Å²) < 4.78 is 2.13. The number of benzene rings is 1. The van der Waals surface area contributed by atoms with Crippen LogP contribution in [-0.4, -0.2) is 26.7 Å². The smallest absolute Gasteiger partial charge is 0.129 e. The Hall–Kier alpha value is -1.46. The lowest BCUT2D eigenvalue weighted by Crippen LogP contribution is -2.25. The summed E-state index contributed by atoms with van der Waals surface area (Å²) in [5.74, 6) is 2.70. The van der Waals surface area contributed by atoms with Gasteiger partial charge in [-0.05, 0) is 70.6 Å². The fraction of sp³-hybridized carbons (Fsp3) is 0.571. The van der Waals surface area contributed by atoms with Crippen molar-refractivity contribution in [1.82, 2.24) is 9.78 Å². The van der Waals surface area contributed by atoms with Crippen molar-refractivity contribution in [3.05, 3.63) is 35.5 Å². The van der Waals surface area contributed by atoms with Gasteiger partial charge >= 0.3 is 0 Å². The third-order valence-electron chi connectivity index (χ3n) is 5.48. The van der Waals surface area contributed by atoms with Crippen molar-refractivity contribution in [3.8, 4) is 0 Å². The second-order valence-electron chi connectivity index (χ2n) is 8.55. The van der Waals surface area contributed by atoms with Crippen LogP contribution in [0.1, 0.15) is 63.6 Å². The lowest BCUT2D eigenvalue weighted by atomic mass is 9.85. The van der Waals surface area contributed by atoms with Crippen LogP contribution in [0.3, 0.4) is 0 Å². The predicted octanol–water partition coefficient (Wildman–Crippen LogP) is 5.05. The minimum absolute atomic E-state index is 0.0819. The largest absolute Gasteiger partial charge is 0.393 e. The number of nitrogens with one attached hydrogen (secondary N) is 1. The molecular formula is C21H29N3OS. The number of aliphatic hydroxyl groups excluding tert-OH is 1. The SMILES string of the molecule is CC(C)(C)n1nc(C2CCC(O)CC2)cc1Nc1cccc2c1CCS2. The zero-order valence-corrected chi connectivity index (χ0v) is 16.8. The Balaban J connectivity index is 1.66. The molecule has 4 nitrogen and oxygen atoms in total. The molecule has 1 aromatic heterocycles. The van der Waals surface area contributed by atoms with E-state index < -0.39 is 0 Å². The molecule has 0 unspecified atom stereocenters. The molecule has 0 spiro atoms. The van der Waals surface area contributed by atoms with Crippen LogP contribution in [0.5, 0.6) is 0 Å². The molecule has 2 aromatic rings. The van der Waals surface area contributed by atoms with E-state index in [2.05, 4.69) is 55.0 Å². The number of nitrogens with zero attached hydrogens (tertiary/aromatic N) is 2. The van der Waals surface area contributed by atoms with E-state index in [-0.39, 0.29) is 11.6 Å². The Kier molecular flexibility index (Phi) is 4.78. The molecule has 1 aromatic carbocycles. The van der Waals surface area contributed by atoms with E-state index in [1.807, 2.05) is 11.8 Å². The van der Waals surface area contributed by atoms with Crippen LogP contribution >= 0.6 is 11.8 Å². The standard InChI is InChI=1S/C21H29N3OS/c1-21(2,3)24-20(13-18(23-24)14-7-9-15(25)10-8-14)22-17-5-4-6-19-16(17)11-12-26-19/h4-6,13-15,22,25H,7-12H2,1-3H3. The van der Waals surface area contributed by atoms with Crippen LogP contribution in [0.2, 0.25) is 0 Å². The lowest BCUT2D eigenvalue weighted by Gasteiger charge is -2.25. The molecule has 1 aliphatic heterocycles. The topological polar surface area (TPSA) is 50.1 Å². The van der Waals surface area contributed by atoms with Gasteiger partial charge in [0.25, 0.3) is 0 Å². The number of aliphatic hydroxyl groups is 1. The van der Waals surface area contributed by atoms with Gasteiger partial charge in [0.1, 0.15) is 5.82 Å². The van der Waals surface area contributed by atoms with Crippen molar-refractivity contribution < 1.29 is 5.11 Å². The molecule has 4 rings (SSSR count). The van der Waals surface area contributed by atoms with Crippen molar-refractivity contribution in [1.29, 1.82) is 0 Å². The van der Waals surface area contributed by atoms with Crippen LogP contribution in [-0.2, 0) is 12.0 Å². The van der Waals surface area contributed by atoms with Gasteiger partial charge < -0.3 is 10.4 Å². The Morgan fingerprint density at radius 2 is 1.96 bits per heavy atom. The van der Waals surface area contributed by atoms with Gasteiger partial charge in [0.2, 0.25) is 0 Å². The maximum atomic E-state index is 9.81. The summed E-state index contributed by atoms with van der Waals surface area (Å²) >= 11 is 1.94. The highest BCUT2D eigenvalue weighted by atomic mass is 32.2. The van der Waals surface area contributed by atoms with E-state index in [0.29, 0.717) is 5.92 Å². The maximum Gasteiger partial charge on any atom is 0.129 e. The second-order valence-corrected chi connectivity index (χ2v) is 9.68. The van der Waals surface area contributed by atoms with Crippen LogP contribution in [0.25, 0.3) is 0 Å². The van der Waals surface area contributed by atoms with Crippen LogP contribution in [0, 0.1) is 0 Å². The van der Waals surface area contributed by atoms with Gasteiger partial charge in [-0.15, -0.1) is 11.8 Å². The molecule has 0 atom stereocenters. The van der Waals surface area contributed by atoms with Crippen LogP contribution in [0.15, 0.2) is 29.2 Å². The molecular weight excluding hydrogens is 342 g/mol. The Morgan fingerprint density at radius 3 is 2.69 bits per heavy atom. The first-order valence-corrected chi connectivity index (χ1v) is 10.7. The number of fused-ring (bicyclic) bond motifs is 1. The molecule has 0 amide bonds. The number of hydrogen-bond donors (Lipinski definition) is 2. The van der Waals surface area contributed by atoms with Gasteiger partial charge in [0, 0.05) is 28.3 Å². The van der Waals surface area contributed by atoms with E-state index in [4.69, 9.17) is 5.10 Å². The molecule has 140 valence electrons. The summed E-state index contributed by atoms with van der Waals surface area (Å²) in [5.41, 5.74) is 3.72. The number of anilines is 2. The van der Waals surface area contributed by atoms with E-state index >= 15 is 0 Å². The van der Waals surface area contributed by atoms with Crippen molar-refractivity contribution in [2.45, 2.75) is 75.3 Å². The van der Waals surface area contributed by atoms with Crippen LogP contribution < -0.4 is 5.32 Å².